The monoisotopic (exact) mass is 410 g/mol. The minimum absolute atomic E-state index is 0.0733. The number of rotatable bonds is 5. The number of benzene rings is 2. The maximum Gasteiger partial charge on any atom is 0.266 e. The van der Waals surface area contributed by atoms with Gasteiger partial charge in [0.25, 0.3) is 5.56 Å². The third kappa shape index (κ3) is 3.99. The molecule has 0 N–H and O–H groups in total. The predicted octanol–water partition coefficient (Wildman–Crippen LogP) is 4.26. The molecule has 0 aliphatic heterocycles. The molecule has 0 radical (unpaired) electrons. The minimum atomic E-state index is -0.232. The Morgan fingerprint density at radius 3 is 2.42 bits per heavy atom. The van der Waals surface area contributed by atoms with Crippen LogP contribution in [0.4, 0.5) is 0 Å². The molecule has 5 heteroatoms. The normalized spacial score (nSPS) is 12.0. The van der Waals surface area contributed by atoms with Crippen LogP contribution in [0, 0.1) is 6.92 Å². The van der Waals surface area contributed by atoms with Gasteiger partial charge < -0.3 is 0 Å². The maximum atomic E-state index is 12.9. The zero-order valence-electron chi connectivity index (χ0n) is 14.6. The topological polar surface area (TPSA) is 52.0 Å². The first-order valence-corrected chi connectivity index (χ1v) is 9.13. The van der Waals surface area contributed by atoms with E-state index in [9.17, 15) is 9.59 Å². The molecular formula is C21H19BrN2O2. The molecule has 0 aliphatic rings. The predicted molar refractivity (Wildman–Crippen MR) is 106 cm³/mol. The van der Waals surface area contributed by atoms with Gasteiger partial charge in [0.1, 0.15) is 5.69 Å². The molecule has 0 saturated carbocycles. The molecule has 26 heavy (non-hydrogen) atoms. The Hall–Kier alpha value is -2.53. The molecule has 0 bridgehead atoms. The Morgan fingerprint density at radius 2 is 1.77 bits per heavy atom. The Balaban J connectivity index is 1.99. The van der Waals surface area contributed by atoms with Crippen LogP contribution in [-0.4, -0.2) is 15.6 Å². The lowest BCUT2D eigenvalue weighted by atomic mass is 9.84. The van der Waals surface area contributed by atoms with Gasteiger partial charge in [-0.15, -0.1) is 0 Å². The quantitative estimate of drug-likeness (QED) is 0.590. The number of hydrogen-bond donors (Lipinski definition) is 0. The SMILES string of the molecule is Cc1ccccc1[C@H](CC(=O)c1ccc(=O)n(C)n1)c1ccc(Br)cc1. The summed E-state index contributed by atoms with van der Waals surface area (Å²) < 4.78 is 2.19. The van der Waals surface area contributed by atoms with Crippen molar-refractivity contribution in [3.63, 3.8) is 0 Å². The molecular weight excluding hydrogens is 392 g/mol. The summed E-state index contributed by atoms with van der Waals surface area (Å²) in [6, 6.07) is 19.0. The highest BCUT2D eigenvalue weighted by atomic mass is 79.9. The van der Waals surface area contributed by atoms with Crippen molar-refractivity contribution in [2.75, 3.05) is 0 Å². The van der Waals surface area contributed by atoms with E-state index in [4.69, 9.17) is 0 Å². The molecule has 1 aromatic heterocycles. The molecule has 0 fully saturated rings. The van der Waals surface area contributed by atoms with Crippen LogP contribution in [0.2, 0.25) is 0 Å². The first-order chi connectivity index (χ1) is 12.5. The highest BCUT2D eigenvalue weighted by Gasteiger charge is 2.21. The second-order valence-electron chi connectivity index (χ2n) is 6.27. The summed E-state index contributed by atoms with van der Waals surface area (Å²) in [5, 5.41) is 4.10. The fourth-order valence-electron chi connectivity index (χ4n) is 3.02. The van der Waals surface area contributed by atoms with E-state index in [1.807, 2.05) is 36.4 Å². The molecule has 0 amide bonds. The van der Waals surface area contributed by atoms with E-state index in [1.165, 1.54) is 16.8 Å². The average Bonchev–Trinajstić information content (AvgIpc) is 2.63. The molecule has 0 unspecified atom stereocenters. The lowest BCUT2D eigenvalue weighted by molar-refractivity contribution is 0.0970. The highest BCUT2D eigenvalue weighted by Crippen LogP contribution is 2.32. The van der Waals surface area contributed by atoms with Gasteiger partial charge in [0.15, 0.2) is 5.78 Å². The number of hydrogen-bond acceptors (Lipinski definition) is 3. The van der Waals surface area contributed by atoms with Crippen molar-refractivity contribution >= 4 is 21.7 Å². The molecule has 0 aliphatic carbocycles. The van der Waals surface area contributed by atoms with Crippen molar-refractivity contribution in [3.8, 4) is 0 Å². The van der Waals surface area contributed by atoms with Crippen LogP contribution in [0.3, 0.4) is 0 Å². The van der Waals surface area contributed by atoms with Gasteiger partial charge in [0.05, 0.1) is 0 Å². The van der Waals surface area contributed by atoms with Gasteiger partial charge in [-0.05, 0) is 41.8 Å². The van der Waals surface area contributed by atoms with Crippen LogP contribution >= 0.6 is 15.9 Å². The largest absolute Gasteiger partial charge is 0.292 e. The lowest BCUT2D eigenvalue weighted by Gasteiger charge is -2.19. The van der Waals surface area contributed by atoms with E-state index in [0.29, 0.717) is 5.69 Å². The van der Waals surface area contributed by atoms with Crippen LogP contribution in [0.25, 0.3) is 0 Å². The number of carbonyl (C=O) groups is 1. The molecule has 0 saturated heterocycles. The first-order valence-electron chi connectivity index (χ1n) is 8.34. The minimum Gasteiger partial charge on any atom is -0.292 e. The van der Waals surface area contributed by atoms with Crippen molar-refractivity contribution < 1.29 is 4.79 Å². The number of aromatic nitrogens is 2. The Morgan fingerprint density at radius 1 is 1.08 bits per heavy atom. The van der Waals surface area contributed by atoms with Gasteiger partial charge in [0, 0.05) is 29.9 Å². The summed E-state index contributed by atoms with van der Waals surface area (Å²) in [7, 11) is 1.55. The Bertz CT molecular complexity index is 993. The number of nitrogens with zero attached hydrogens (tertiary/aromatic N) is 2. The van der Waals surface area contributed by atoms with E-state index < -0.39 is 0 Å². The second kappa shape index (κ2) is 7.79. The van der Waals surface area contributed by atoms with Crippen LogP contribution in [0.15, 0.2) is 69.9 Å². The summed E-state index contributed by atoms with van der Waals surface area (Å²) in [6.45, 7) is 2.05. The number of halogens is 1. The highest BCUT2D eigenvalue weighted by molar-refractivity contribution is 9.10. The van der Waals surface area contributed by atoms with Crippen LogP contribution in [0.1, 0.15) is 39.5 Å². The van der Waals surface area contributed by atoms with Gasteiger partial charge in [-0.25, -0.2) is 4.68 Å². The summed E-state index contributed by atoms with van der Waals surface area (Å²) in [5.41, 5.74) is 3.41. The van der Waals surface area contributed by atoms with E-state index in [2.05, 4.69) is 40.1 Å². The number of aryl methyl sites for hydroxylation is 2. The standard InChI is InChI=1S/C21H19BrN2O2/c1-14-5-3-4-6-17(14)18(15-7-9-16(22)10-8-15)13-20(25)19-11-12-21(26)24(2)23-19/h3-12,18H,13H2,1-2H3/t18-/m1/s1. The first kappa shape index (κ1) is 18.3. The van der Waals surface area contributed by atoms with E-state index >= 15 is 0 Å². The molecule has 1 heterocycles. The number of ketones is 1. The molecule has 132 valence electrons. The van der Waals surface area contributed by atoms with E-state index in [0.717, 1.165) is 21.2 Å². The van der Waals surface area contributed by atoms with Crippen molar-refractivity contribution in [1.29, 1.82) is 0 Å². The van der Waals surface area contributed by atoms with Gasteiger partial charge in [-0.2, -0.15) is 5.10 Å². The van der Waals surface area contributed by atoms with Gasteiger partial charge in [0.2, 0.25) is 0 Å². The van der Waals surface area contributed by atoms with Crippen LogP contribution in [-0.2, 0) is 7.05 Å². The van der Waals surface area contributed by atoms with Crippen molar-refractivity contribution in [3.05, 3.63) is 97.9 Å². The molecule has 2 aromatic carbocycles. The maximum absolute atomic E-state index is 12.9. The molecule has 1 atom stereocenters. The van der Waals surface area contributed by atoms with Gasteiger partial charge in [-0.1, -0.05) is 52.3 Å². The molecule has 0 spiro atoms. The molecule has 3 aromatic rings. The van der Waals surface area contributed by atoms with Crippen LogP contribution in [0.5, 0.6) is 0 Å². The lowest BCUT2D eigenvalue weighted by Crippen LogP contribution is -2.22. The number of Topliss-reactive ketones (excluding diaryl/α,β-unsaturated/α-hetero) is 1. The zero-order valence-corrected chi connectivity index (χ0v) is 16.2. The van der Waals surface area contributed by atoms with E-state index in [-0.39, 0.29) is 23.7 Å². The summed E-state index contributed by atoms with van der Waals surface area (Å²) in [5.74, 6) is -0.160. The Kier molecular flexibility index (Phi) is 5.47. The molecule has 3 rings (SSSR count). The second-order valence-corrected chi connectivity index (χ2v) is 7.18. The van der Waals surface area contributed by atoms with Gasteiger partial charge in [-0.3, -0.25) is 9.59 Å². The summed E-state index contributed by atoms with van der Waals surface area (Å²) in [6.07, 6.45) is 0.289. The van der Waals surface area contributed by atoms with Crippen molar-refractivity contribution in [2.24, 2.45) is 7.05 Å². The summed E-state index contributed by atoms with van der Waals surface area (Å²) in [4.78, 5) is 24.4. The van der Waals surface area contributed by atoms with Crippen LogP contribution < -0.4 is 5.56 Å². The van der Waals surface area contributed by atoms with Gasteiger partial charge >= 0.3 is 0 Å². The fourth-order valence-corrected chi connectivity index (χ4v) is 3.29. The van der Waals surface area contributed by atoms with Crippen molar-refractivity contribution in [2.45, 2.75) is 19.3 Å². The smallest absolute Gasteiger partial charge is 0.266 e. The number of carbonyl (C=O) groups excluding carboxylic acids is 1. The third-order valence-electron chi connectivity index (χ3n) is 4.47. The molecule has 4 nitrogen and oxygen atoms in total. The van der Waals surface area contributed by atoms with E-state index in [1.54, 1.807) is 7.05 Å². The fraction of sp³-hybridized carbons (Fsp3) is 0.190. The zero-order chi connectivity index (χ0) is 18.7. The average molecular weight is 411 g/mol. The van der Waals surface area contributed by atoms with Crippen molar-refractivity contribution in [1.82, 2.24) is 9.78 Å². The summed E-state index contributed by atoms with van der Waals surface area (Å²) >= 11 is 3.46. The Labute approximate surface area is 160 Å². The third-order valence-corrected chi connectivity index (χ3v) is 5.00.